The topological polar surface area (TPSA) is 79.4 Å². The average molecular weight is 474 g/mol. The third-order valence-corrected chi connectivity index (χ3v) is 8.37. The monoisotopic (exact) mass is 473 g/mol. The molecule has 0 N–H and O–H groups in total. The molecular weight excluding hydrogens is 442 g/mol. The fourth-order valence-corrected chi connectivity index (χ4v) is 6.01. The second-order valence-electron chi connectivity index (χ2n) is 8.54. The van der Waals surface area contributed by atoms with Gasteiger partial charge in [-0.1, -0.05) is 29.8 Å². The summed E-state index contributed by atoms with van der Waals surface area (Å²) in [7, 11) is -0.658. The summed E-state index contributed by atoms with van der Waals surface area (Å²) in [6.07, 6.45) is 1.24. The van der Waals surface area contributed by atoms with E-state index < -0.39 is 10.0 Å². The van der Waals surface area contributed by atoms with Gasteiger partial charge in [0, 0.05) is 44.8 Å². The molecule has 0 unspecified atom stereocenters. The van der Waals surface area contributed by atoms with Crippen molar-refractivity contribution < 1.29 is 22.7 Å². The summed E-state index contributed by atoms with van der Waals surface area (Å²) in [5, 5.41) is 0. The molecule has 178 valence electrons. The van der Waals surface area contributed by atoms with Crippen LogP contribution in [-0.2, 0) is 16.6 Å². The van der Waals surface area contributed by atoms with Crippen molar-refractivity contribution in [3.63, 3.8) is 0 Å². The molecule has 2 aliphatic heterocycles. The molecular formula is C24H31N3O5S. The van der Waals surface area contributed by atoms with E-state index in [1.165, 1.54) is 36.2 Å². The molecule has 0 atom stereocenters. The number of piperidine rings is 1. The van der Waals surface area contributed by atoms with Crippen molar-refractivity contribution in [1.82, 2.24) is 14.1 Å². The van der Waals surface area contributed by atoms with Crippen LogP contribution in [0.2, 0.25) is 0 Å². The minimum absolute atomic E-state index is 0.0387. The maximum absolute atomic E-state index is 13.2. The molecule has 0 aliphatic carbocycles. The van der Waals surface area contributed by atoms with E-state index in [2.05, 4.69) is 24.3 Å². The molecule has 0 aromatic heterocycles. The first kappa shape index (κ1) is 23.4. The summed E-state index contributed by atoms with van der Waals surface area (Å²) in [5.74, 6) is 0.864. The molecule has 2 aromatic carbocycles. The fraction of sp³-hybridized carbons (Fsp3) is 0.458. The van der Waals surface area contributed by atoms with Gasteiger partial charge >= 0.3 is 6.03 Å². The van der Waals surface area contributed by atoms with Gasteiger partial charge in [0.15, 0.2) is 11.5 Å². The van der Waals surface area contributed by atoms with Crippen molar-refractivity contribution in [2.45, 2.75) is 37.2 Å². The molecule has 2 fully saturated rings. The number of carbonyl (C=O) groups excluding carboxylic acids is 1. The van der Waals surface area contributed by atoms with Crippen LogP contribution in [0.25, 0.3) is 0 Å². The number of aryl methyl sites for hydroxylation is 1. The Balaban J connectivity index is 1.37. The second-order valence-corrected chi connectivity index (χ2v) is 10.5. The molecule has 4 rings (SSSR count). The number of methoxy groups -OCH3 is 2. The number of nitrogens with zero attached hydrogens (tertiary/aromatic N) is 3. The number of hydrogen-bond acceptors (Lipinski definition) is 5. The average Bonchev–Trinajstić information content (AvgIpc) is 3.19. The van der Waals surface area contributed by atoms with Crippen LogP contribution in [0.4, 0.5) is 4.79 Å². The van der Waals surface area contributed by atoms with E-state index in [9.17, 15) is 13.2 Å². The van der Waals surface area contributed by atoms with E-state index in [1.807, 2.05) is 16.7 Å². The molecule has 2 amide bonds. The predicted molar refractivity (Wildman–Crippen MR) is 125 cm³/mol. The zero-order valence-corrected chi connectivity index (χ0v) is 20.2. The van der Waals surface area contributed by atoms with E-state index in [-0.39, 0.29) is 17.0 Å². The Labute approximate surface area is 195 Å². The van der Waals surface area contributed by atoms with Crippen molar-refractivity contribution in [2.24, 2.45) is 0 Å². The van der Waals surface area contributed by atoms with Crippen LogP contribution in [0.15, 0.2) is 47.4 Å². The van der Waals surface area contributed by atoms with Crippen LogP contribution in [0.5, 0.6) is 11.5 Å². The number of rotatable bonds is 7. The van der Waals surface area contributed by atoms with Gasteiger partial charge in [0.1, 0.15) is 0 Å². The van der Waals surface area contributed by atoms with Crippen molar-refractivity contribution in [3.8, 4) is 11.5 Å². The van der Waals surface area contributed by atoms with Gasteiger partial charge in [-0.25, -0.2) is 13.2 Å². The zero-order valence-electron chi connectivity index (χ0n) is 19.4. The SMILES string of the molecule is COc1ccc(S(=O)(=O)N2CCC(N3CCN(Cc4ccc(C)cc4)C3=O)CC2)cc1OC. The van der Waals surface area contributed by atoms with Gasteiger partial charge in [-0.05, 0) is 37.5 Å². The van der Waals surface area contributed by atoms with Crippen LogP contribution >= 0.6 is 0 Å². The normalized spacial score (nSPS) is 18.1. The second kappa shape index (κ2) is 9.61. The Bertz CT molecular complexity index is 1100. The maximum Gasteiger partial charge on any atom is 0.320 e. The van der Waals surface area contributed by atoms with Crippen molar-refractivity contribution in [1.29, 1.82) is 0 Å². The minimum atomic E-state index is -3.65. The summed E-state index contributed by atoms with van der Waals surface area (Å²) >= 11 is 0. The standard InChI is InChI=1S/C24H31N3O5S/c1-18-4-6-19(7-5-18)17-25-14-15-27(24(25)28)20-10-12-26(13-11-20)33(29,30)21-8-9-22(31-2)23(16-21)32-3/h4-9,16,20H,10-15,17H2,1-3H3. The largest absolute Gasteiger partial charge is 0.493 e. The Morgan fingerprint density at radius 2 is 1.58 bits per heavy atom. The lowest BCUT2D eigenvalue weighted by atomic mass is 10.1. The van der Waals surface area contributed by atoms with Crippen LogP contribution in [0, 0.1) is 6.92 Å². The lowest BCUT2D eigenvalue weighted by molar-refractivity contribution is 0.153. The third-order valence-electron chi connectivity index (χ3n) is 6.48. The Hall–Kier alpha value is -2.78. The molecule has 8 nitrogen and oxygen atoms in total. The van der Waals surface area contributed by atoms with Crippen molar-refractivity contribution in [3.05, 3.63) is 53.6 Å². The van der Waals surface area contributed by atoms with Crippen LogP contribution < -0.4 is 9.47 Å². The first-order chi connectivity index (χ1) is 15.8. The highest BCUT2D eigenvalue weighted by Gasteiger charge is 2.37. The third kappa shape index (κ3) is 4.79. The molecule has 2 aliphatic rings. The van der Waals surface area contributed by atoms with Gasteiger partial charge in [-0.2, -0.15) is 4.31 Å². The van der Waals surface area contributed by atoms with Crippen molar-refractivity contribution >= 4 is 16.1 Å². The van der Waals surface area contributed by atoms with Gasteiger partial charge in [0.25, 0.3) is 0 Å². The minimum Gasteiger partial charge on any atom is -0.493 e. The van der Waals surface area contributed by atoms with E-state index in [4.69, 9.17) is 9.47 Å². The van der Waals surface area contributed by atoms with E-state index in [1.54, 1.807) is 6.07 Å². The van der Waals surface area contributed by atoms with Gasteiger partial charge < -0.3 is 19.3 Å². The molecule has 2 heterocycles. The van der Waals surface area contributed by atoms with Gasteiger partial charge in [0.05, 0.1) is 19.1 Å². The number of amides is 2. The number of ether oxygens (including phenoxy) is 2. The van der Waals surface area contributed by atoms with Gasteiger partial charge in [-0.15, -0.1) is 0 Å². The van der Waals surface area contributed by atoms with Crippen molar-refractivity contribution in [2.75, 3.05) is 40.4 Å². The molecule has 33 heavy (non-hydrogen) atoms. The Morgan fingerprint density at radius 1 is 0.909 bits per heavy atom. The van der Waals surface area contributed by atoms with E-state index in [0.717, 1.165) is 5.56 Å². The number of benzene rings is 2. The number of urea groups is 1. The fourth-order valence-electron chi connectivity index (χ4n) is 4.52. The number of carbonyl (C=O) groups is 1. The predicted octanol–water partition coefficient (Wildman–Crippen LogP) is 3.10. The lowest BCUT2D eigenvalue weighted by Gasteiger charge is -2.36. The Kier molecular flexibility index (Phi) is 6.81. The van der Waals surface area contributed by atoms with Gasteiger partial charge in [-0.3, -0.25) is 0 Å². The quantitative estimate of drug-likeness (QED) is 0.617. The summed E-state index contributed by atoms with van der Waals surface area (Å²) < 4.78 is 38.3. The molecule has 9 heteroatoms. The summed E-state index contributed by atoms with van der Waals surface area (Å²) in [4.78, 5) is 17.0. The first-order valence-electron chi connectivity index (χ1n) is 11.2. The summed E-state index contributed by atoms with van der Waals surface area (Å²) in [6.45, 7) is 4.77. The van der Waals surface area contributed by atoms with Crippen LogP contribution in [-0.4, -0.2) is 75.0 Å². The highest BCUT2D eigenvalue weighted by molar-refractivity contribution is 7.89. The lowest BCUT2D eigenvalue weighted by Crippen LogP contribution is -2.47. The zero-order chi connectivity index (χ0) is 23.6. The molecule has 2 aromatic rings. The summed E-state index contributed by atoms with van der Waals surface area (Å²) in [5.41, 5.74) is 2.31. The smallest absolute Gasteiger partial charge is 0.320 e. The van der Waals surface area contributed by atoms with Crippen LogP contribution in [0.1, 0.15) is 24.0 Å². The molecule has 0 spiro atoms. The van der Waals surface area contributed by atoms with E-state index >= 15 is 0 Å². The number of hydrogen-bond donors (Lipinski definition) is 0. The molecule has 0 radical (unpaired) electrons. The molecule has 0 bridgehead atoms. The number of sulfonamides is 1. The maximum atomic E-state index is 13.2. The van der Waals surface area contributed by atoms with Crippen LogP contribution in [0.3, 0.4) is 0 Å². The first-order valence-corrected chi connectivity index (χ1v) is 12.6. The highest BCUT2D eigenvalue weighted by Crippen LogP contribution is 2.32. The summed E-state index contributed by atoms with van der Waals surface area (Å²) in [6, 6.07) is 13.0. The Morgan fingerprint density at radius 3 is 2.21 bits per heavy atom. The molecule has 0 saturated carbocycles. The van der Waals surface area contributed by atoms with Gasteiger partial charge in [0.2, 0.25) is 10.0 Å². The van der Waals surface area contributed by atoms with E-state index in [0.29, 0.717) is 57.1 Å². The molecule has 2 saturated heterocycles. The highest BCUT2D eigenvalue weighted by atomic mass is 32.2.